The minimum Gasteiger partial charge on any atom is -0.348 e. The Kier molecular flexibility index (Phi) is 4.39. The molecule has 4 nitrogen and oxygen atoms in total. The van der Waals surface area contributed by atoms with Crippen molar-refractivity contribution >= 4 is 0 Å². The van der Waals surface area contributed by atoms with Crippen LogP contribution in [0.3, 0.4) is 0 Å². The molecule has 2 N–H and O–H groups in total. The summed E-state index contributed by atoms with van der Waals surface area (Å²) in [4.78, 5) is 7.31. The van der Waals surface area contributed by atoms with Crippen molar-refractivity contribution in [1.29, 1.82) is 5.26 Å². The first-order chi connectivity index (χ1) is 9.11. The molecule has 3 unspecified atom stereocenters. The van der Waals surface area contributed by atoms with Gasteiger partial charge in [0.05, 0.1) is 18.5 Å². The maximum Gasteiger partial charge on any atom is 0.120 e. The number of H-pyrrole nitrogens is 1. The number of allylic oxidation sites excluding steroid dienone is 1. The Morgan fingerprint density at radius 1 is 1.63 bits per heavy atom. The monoisotopic (exact) mass is 258 g/mol. The van der Waals surface area contributed by atoms with E-state index in [9.17, 15) is 5.26 Å². The molecule has 102 valence electrons. The minimum absolute atomic E-state index is 0.115. The highest BCUT2D eigenvalue weighted by atomic mass is 15.0. The molecule has 1 aliphatic carbocycles. The molecule has 1 heterocycles. The Morgan fingerprint density at radius 3 is 3.00 bits per heavy atom. The lowest BCUT2D eigenvalue weighted by molar-refractivity contribution is 0.191. The van der Waals surface area contributed by atoms with Gasteiger partial charge in [0.15, 0.2) is 0 Å². The summed E-state index contributed by atoms with van der Waals surface area (Å²) >= 11 is 0. The van der Waals surface area contributed by atoms with Crippen LogP contribution in [0.15, 0.2) is 24.5 Å². The van der Waals surface area contributed by atoms with Crippen LogP contribution in [-0.2, 0) is 6.54 Å². The fourth-order valence-corrected chi connectivity index (χ4v) is 2.88. The van der Waals surface area contributed by atoms with Crippen molar-refractivity contribution in [2.45, 2.75) is 39.3 Å². The first-order valence-corrected chi connectivity index (χ1v) is 6.88. The molecule has 0 radical (unpaired) electrons. The second-order valence-electron chi connectivity index (χ2n) is 5.63. The number of rotatable bonds is 4. The van der Waals surface area contributed by atoms with E-state index in [-0.39, 0.29) is 5.92 Å². The summed E-state index contributed by atoms with van der Waals surface area (Å²) in [6, 6.07) is 2.81. The van der Waals surface area contributed by atoms with E-state index in [1.165, 1.54) is 5.57 Å². The van der Waals surface area contributed by atoms with Crippen molar-refractivity contribution in [1.82, 2.24) is 15.3 Å². The molecule has 0 bridgehead atoms. The zero-order valence-electron chi connectivity index (χ0n) is 11.7. The number of nitrogens with one attached hydrogen (secondary N) is 2. The van der Waals surface area contributed by atoms with Gasteiger partial charge in [0.25, 0.3) is 0 Å². The smallest absolute Gasteiger partial charge is 0.120 e. The van der Waals surface area contributed by atoms with Crippen LogP contribution in [0.1, 0.15) is 32.5 Å². The van der Waals surface area contributed by atoms with Crippen molar-refractivity contribution < 1.29 is 0 Å². The topological polar surface area (TPSA) is 64.5 Å². The SMILES string of the molecule is C=C(C)[C@@H]1CC(C#N)C(C)C(NCc2ncc[nH]2)C1. The van der Waals surface area contributed by atoms with Crippen LogP contribution < -0.4 is 5.32 Å². The van der Waals surface area contributed by atoms with Gasteiger partial charge in [0.2, 0.25) is 0 Å². The maximum absolute atomic E-state index is 9.31. The molecular weight excluding hydrogens is 236 g/mol. The van der Waals surface area contributed by atoms with Crippen molar-refractivity contribution in [2.75, 3.05) is 0 Å². The van der Waals surface area contributed by atoms with Crippen molar-refractivity contribution in [3.63, 3.8) is 0 Å². The van der Waals surface area contributed by atoms with E-state index in [4.69, 9.17) is 0 Å². The van der Waals surface area contributed by atoms with Gasteiger partial charge < -0.3 is 10.3 Å². The van der Waals surface area contributed by atoms with Gasteiger partial charge in [-0.05, 0) is 31.6 Å². The second-order valence-corrected chi connectivity index (χ2v) is 5.63. The summed E-state index contributed by atoms with van der Waals surface area (Å²) in [6.45, 7) is 9.02. The Labute approximate surface area is 114 Å². The van der Waals surface area contributed by atoms with Crippen LogP contribution in [-0.4, -0.2) is 16.0 Å². The lowest BCUT2D eigenvalue weighted by atomic mass is 9.70. The first kappa shape index (κ1) is 13.8. The number of nitrogens with zero attached hydrogens (tertiary/aromatic N) is 2. The summed E-state index contributed by atoms with van der Waals surface area (Å²) in [6.07, 6.45) is 5.60. The zero-order valence-corrected chi connectivity index (χ0v) is 11.7. The van der Waals surface area contributed by atoms with Crippen molar-refractivity contribution in [3.05, 3.63) is 30.4 Å². The molecule has 1 aromatic rings. The van der Waals surface area contributed by atoms with Crippen LogP contribution in [0, 0.1) is 29.1 Å². The zero-order chi connectivity index (χ0) is 13.8. The second kappa shape index (κ2) is 6.03. The molecule has 0 amide bonds. The van der Waals surface area contributed by atoms with E-state index < -0.39 is 0 Å². The van der Waals surface area contributed by atoms with Gasteiger partial charge in [-0.3, -0.25) is 0 Å². The number of hydrogen-bond acceptors (Lipinski definition) is 3. The lowest BCUT2D eigenvalue weighted by Gasteiger charge is -2.38. The predicted octanol–water partition coefficient (Wildman–Crippen LogP) is 2.63. The standard InChI is InChI=1S/C15H22N4/c1-10(2)12-6-13(8-16)11(3)14(7-12)19-9-15-17-4-5-18-15/h4-5,11-14,19H,1,6-7,9H2,2-3H3,(H,17,18)/t11?,12-,13?,14?/m1/s1. The Bertz CT molecular complexity index is 457. The minimum atomic E-state index is 0.115. The highest BCUT2D eigenvalue weighted by molar-refractivity contribution is 5.07. The van der Waals surface area contributed by atoms with E-state index in [0.29, 0.717) is 17.9 Å². The summed E-state index contributed by atoms with van der Waals surface area (Å²) in [5.74, 6) is 1.88. The van der Waals surface area contributed by atoms with Crippen LogP contribution in [0.25, 0.3) is 0 Å². The molecule has 0 spiro atoms. The molecular formula is C15H22N4. The summed E-state index contributed by atoms with van der Waals surface area (Å²) < 4.78 is 0. The molecule has 19 heavy (non-hydrogen) atoms. The molecule has 1 aromatic heterocycles. The summed E-state index contributed by atoms with van der Waals surface area (Å²) in [7, 11) is 0. The Hall–Kier alpha value is -1.60. The predicted molar refractivity (Wildman–Crippen MR) is 75.0 cm³/mol. The van der Waals surface area contributed by atoms with Crippen molar-refractivity contribution in [2.24, 2.45) is 17.8 Å². The highest BCUT2D eigenvalue weighted by Gasteiger charge is 2.35. The quantitative estimate of drug-likeness (QED) is 0.816. The molecule has 0 aliphatic heterocycles. The van der Waals surface area contributed by atoms with Gasteiger partial charge in [-0.1, -0.05) is 19.1 Å². The van der Waals surface area contributed by atoms with Gasteiger partial charge in [-0.2, -0.15) is 5.26 Å². The molecule has 2 rings (SSSR count). The van der Waals surface area contributed by atoms with E-state index in [0.717, 1.165) is 25.2 Å². The molecule has 1 aliphatic rings. The molecule has 0 saturated heterocycles. The van der Waals surface area contributed by atoms with Gasteiger partial charge >= 0.3 is 0 Å². The average molecular weight is 258 g/mol. The number of imidazole rings is 1. The molecule has 4 atom stereocenters. The number of hydrogen-bond donors (Lipinski definition) is 2. The number of nitriles is 1. The third kappa shape index (κ3) is 3.24. The van der Waals surface area contributed by atoms with Crippen LogP contribution in [0.2, 0.25) is 0 Å². The van der Waals surface area contributed by atoms with Gasteiger partial charge in [0, 0.05) is 18.4 Å². The summed E-state index contributed by atoms with van der Waals surface area (Å²) in [5.41, 5.74) is 1.19. The largest absolute Gasteiger partial charge is 0.348 e. The third-order valence-corrected chi connectivity index (χ3v) is 4.30. The van der Waals surface area contributed by atoms with E-state index in [2.05, 4.69) is 41.8 Å². The maximum atomic E-state index is 9.31. The average Bonchev–Trinajstić information content (AvgIpc) is 2.90. The fourth-order valence-electron chi connectivity index (χ4n) is 2.88. The van der Waals surface area contributed by atoms with Crippen LogP contribution >= 0.6 is 0 Å². The van der Waals surface area contributed by atoms with Crippen LogP contribution in [0.5, 0.6) is 0 Å². The van der Waals surface area contributed by atoms with E-state index in [1.807, 2.05) is 6.20 Å². The van der Waals surface area contributed by atoms with Gasteiger partial charge in [-0.25, -0.2) is 4.98 Å². The molecule has 4 heteroatoms. The fraction of sp³-hybridized carbons (Fsp3) is 0.600. The molecule has 0 aromatic carbocycles. The van der Waals surface area contributed by atoms with E-state index >= 15 is 0 Å². The van der Waals surface area contributed by atoms with E-state index in [1.54, 1.807) is 6.20 Å². The third-order valence-electron chi connectivity index (χ3n) is 4.30. The van der Waals surface area contributed by atoms with Crippen LogP contribution in [0.4, 0.5) is 0 Å². The summed E-state index contributed by atoms with van der Waals surface area (Å²) in [5, 5.41) is 12.8. The molecule has 1 fully saturated rings. The number of aromatic amines is 1. The van der Waals surface area contributed by atoms with Gasteiger partial charge in [0.1, 0.15) is 5.82 Å². The lowest BCUT2D eigenvalue weighted by Crippen LogP contribution is -2.43. The number of aromatic nitrogens is 2. The molecule has 1 saturated carbocycles. The Balaban J connectivity index is 2.00. The Morgan fingerprint density at radius 2 is 2.42 bits per heavy atom. The first-order valence-electron chi connectivity index (χ1n) is 6.88. The highest BCUT2D eigenvalue weighted by Crippen LogP contribution is 2.36. The van der Waals surface area contributed by atoms with Gasteiger partial charge in [-0.15, -0.1) is 0 Å². The van der Waals surface area contributed by atoms with Crippen molar-refractivity contribution in [3.8, 4) is 6.07 Å². The normalized spacial score (nSPS) is 30.8.